The third-order valence-electron chi connectivity index (χ3n) is 3.34. The lowest BCUT2D eigenvalue weighted by atomic mass is 9.95. The fourth-order valence-corrected chi connectivity index (χ4v) is 2.38. The van der Waals surface area contributed by atoms with Crippen molar-refractivity contribution in [3.8, 4) is 11.5 Å². The molecule has 4 nitrogen and oxygen atoms in total. The van der Waals surface area contributed by atoms with E-state index in [4.69, 9.17) is 9.47 Å². The maximum Gasteiger partial charge on any atom is 0.161 e. The van der Waals surface area contributed by atoms with Gasteiger partial charge in [0, 0.05) is 12.0 Å². The summed E-state index contributed by atoms with van der Waals surface area (Å²) in [6.07, 6.45) is 0.691. The number of methoxy groups -OCH3 is 1. The standard InChI is InChI=1S/C16H27NO3/c1-6-17-16(4,11-18)10-13(3)20-14-8-7-12(2)9-15(14)19-5/h7-9,13,17-18H,6,10-11H2,1-5H3. The largest absolute Gasteiger partial charge is 0.493 e. The van der Waals surface area contributed by atoms with Gasteiger partial charge in [0.15, 0.2) is 11.5 Å². The molecule has 0 aliphatic rings. The van der Waals surface area contributed by atoms with Crippen molar-refractivity contribution in [2.24, 2.45) is 0 Å². The molecular weight excluding hydrogens is 254 g/mol. The zero-order valence-electron chi connectivity index (χ0n) is 13.2. The van der Waals surface area contributed by atoms with E-state index in [0.717, 1.165) is 23.6 Å². The summed E-state index contributed by atoms with van der Waals surface area (Å²) in [5.74, 6) is 1.48. The molecule has 0 saturated carbocycles. The minimum absolute atomic E-state index is 0.0252. The second kappa shape index (κ2) is 7.50. The summed E-state index contributed by atoms with van der Waals surface area (Å²) in [5.41, 5.74) is 0.807. The van der Waals surface area contributed by atoms with Crippen LogP contribution in [-0.2, 0) is 0 Å². The SMILES string of the molecule is CCNC(C)(CO)CC(C)Oc1ccc(C)cc1OC. The summed E-state index contributed by atoms with van der Waals surface area (Å²) in [7, 11) is 1.64. The van der Waals surface area contributed by atoms with Gasteiger partial charge in [0.25, 0.3) is 0 Å². The van der Waals surface area contributed by atoms with Crippen LogP contribution in [0.25, 0.3) is 0 Å². The van der Waals surface area contributed by atoms with E-state index >= 15 is 0 Å². The Kier molecular flexibility index (Phi) is 6.30. The smallest absolute Gasteiger partial charge is 0.161 e. The molecule has 0 amide bonds. The van der Waals surface area contributed by atoms with E-state index in [1.807, 2.05) is 45.9 Å². The molecule has 0 fully saturated rings. The minimum atomic E-state index is -0.327. The third kappa shape index (κ3) is 4.69. The van der Waals surface area contributed by atoms with Gasteiger partial charge < -0.3 is 19.9 Å². The Labute approximate surface area is 122 Å². The van der Waals surface area contributed by atoms with Crippen LogP contribution in [0.3, 0.4) is 0 Å². The van der Waals surface area contributed by atoms with Crippen LogP contribution < -0.4 is 14.8 Å². The number of rotatable bonds is 8. The van der Waals surface area contributed by atoms with E-state index in [-0.39, 0.29) is 18.2 Å². The molecule has 0 aliphatic carbocycles. The highest BCUT2D eigenvalue weighted by Gasteiger charge is 2.26. The van der Waals surface area contributed by atoms with Crippen molar-refractivity contribution < 1.29 is 14.6 Å². The lowest BCUT2D eigenvalue weighted by Gasteiger charge is -2.31. The number of aliphatic hydroxyl groups excluding tert-OH is 1. The van der Waals surface area contributed by atoms with Gasteiger partial charge >= 0.3 is 0 Å². The Morgan fingerprint density at radius 3 is 2.60 bits per heavy atom. The van der Waals surface area contributed by atoms with Crippen LogP contribution in [0.4, 0.5) is 0 Å². The zero-order chi connectivity index (χ0) is 15.2. The van der Waals surface area contributed by atoms with Crippen LogP contribution in [0.2, 0.25) is 0 Å². The van der Waals surface area contributed by atoms with Crippen LogP contribution in [0.5, 0.6) is 11.5 Å². The average Bonchev–Trinajstić information content (AvgIpc) is 2.40. The lowest BCUT2D eigenvalue weighted by Crippen LogP contribution is -2.48. The van der Waals surface area contributed by atoms with Crippen LogP contribution in [0.1, 0.15) is 32.8 Å². The topological polar surface area (TPSA) is 50.7 Å². The lowest BCUT2D eigenvalue weighted by molar-refractivity contribution is 0.109. The quantitative estimate of drug-likeness (QED) is 0.769. The molecule has 0 bridgehead atoms. The fraction of sp³-hybridized carbons (Fsp3) is 0.625. The Morgan fingerprint density at radius 2 is 2.05 bits per heavy atom. The molecule has 2 atom stereocenters. The number of aryl methyl sites for hydroxylation is 1. The summed E-state index contributed by atoms with van der Waals surface area (Å²) in [6.45, 7) is 8.96. The number of likely N-dealkylation sites (N-methyl/N-ethyl adjacent to an activating group) is 1. The highest BCUT2D eigenvalue weighted by molar-refractivity contribution is 5.42. The molecule has 1 aromatic rings. The summed E-state index contributed by atoms with van der Waals surface area (Å²) in [4.78, 5) is 0. The molecule has 0 heterocycles. The Bertz CT molecular complexity index is 422. The van der Waals surface area contributed by atoms with Gasteiger partial charge in [0.1, 0.15) is 0 Å². The monoisotopic (exact) mass is 281 g/mol. The van der Waals surface area contributed by atoms with Crippen molar-refractivity contribution in [3.63, 3.8) is 0 Å². The zero-order valence-corrected chi connectivity index (χ0v) is 13.2. The number of nitrogens with one attached hydrogen (secondary N) is 1. The molecular formula is C16H27NO3. The first kappa shape index (κ1) is 16.8. The Hall–Kier alpha value is -1.26. The number of aliphatic hydroxyl groups is 1. The van der Waals surface area contributed by atoms with Gasteiger partial charge in [-0.15, -0.1) is 0 Å². The van der Waals surface area contributed by atoms with Gasteiger partial charge in [-0.1, -0.05) is 13.0 Å². The van der Waals surface area contributed by atoms with Crippen molar-refractivity contribution in [3.05, 3.63) is 23.8 Å². The Balaban J connectivity index is 2.73. The molecule has 0 saturated heterocycles. The third-order valence-corrected chi connectivity index (χ3v) is 3.34. The molecule has 1 aromatic carbocycles. The van der Waals surface area contributed by atoms with Gasteiger partial charge in [-0.3, -0.25) is 0 Å². The molecule has 0 aliphatic heterocycles. The van der Waals surface area contributed by atoms with Crippen molar-refractivity contribution in [2.45, 2.75) is 45.8 Å². The maximum atomic E-state index is 9.53. The van der Waals surface area contributed by atoms with Crippen LogP contribution in [0, 0.1) is 6.92 Å². The van der Waals surface area contributed by atoms with E-state index in [2.05, 4.69) is 5.32 Å². The van der Waals surface area contributed by atoms with Crippen LogP contribution in [-0.4, -0.2) is 37.0 Å². The molecule has 20 heavy (non-hydrogen) atoms. The van der Waals surface area contributed by atoms with E-state index in [1.54, 1.807) is 7.11 Å². The normalized spacial score (nSPS) is 15.5. The van der Waals surface area contributed by atoms with Gasteiger partial charge in [0.05, 0.1) is 19.8 Å². The molecule has 4 heteroatoms. The van der Waals surface area contributed by atoms with E-state index in [9.17, 15) is 5.11 Å². The summed E-state index contributed by atoms with van der Waals surface area (Å²) in [5, 5.41) is 12.8. The highest BCUT2D eigenvalue weighted by Crippen LogP contribution is 2.29. The second-order valence-electron chi connectivity index (χ2n) is 5.54. The first-order valence-electron chi connectivity index (χ1n) is 7.11. The fourth-order valence-electron chi connectivity index (χ4n) is 2.38. The van der Waals surface area contributed by atoms with Crippen molar-refractivity contribution in [1.82, 2.24) is 5.32 Å². The number of hydrogen-bond donors (Lipinski definition) is 2. The van der Waals surface area contributed by atoms with E-state index < -0.39 is 0 Å². The molecule has 114 valence electrons. The number of hydrogen-bond acceptors (Lipinski definition) is 4. The predicted molar refractivity (Wildman–Crippen MR) is 81.6 cm³/mol. The molecule has 0 radical (unpaired) electrons. The Morgan fingerprint density at radius 1 is 1.35 bits per heavy atom. The van der Waals surface area contributed by atoms with Crippen LogP contribution >= 0.6 is 0 Å². The molecule has 2 unspecified atom stereocenters. The van der Waals surface area contributed by atoms with Gasteiger partial charge in [-0.2, -0.15) is 0 Å². The number of benzene rings is 1. The highest BCUT2D eigenvalue weighted by atomic mass is 16.5. The second-order valence-corrected chi connectivity index (χ2v) is 5.54. The van der Waals surface area contributed by atoms with Crippen LogP contribution in [0.15, 0.2) is 18.2 Å². The first-order chi connectivity index (χ1) is 9.44. The molecule has 2 N–H and O–H groups in total. The summed E-state index contributed by atoms with van der Waals surface area (Å²) >= 11 is 0. The van der Waals surface area contributed by atoms with Crippen molar-refractivity contribution in [2.75, 3.05) is 20.3 Å². The number of ether oxygens (including phenoxy) is 2. The van der Waals surface area contributed by atoms with E-state index in [0.29, 0.717) is 6.42 Å². The maximum absolute atomic E-state index is 9.53. The molecule has 1 rings (SSSR count). The molecule has 0 spiro atoms. The van der Waals surface area contributed by atoms with Crippen molar-refractivity contribution in [1.29, 1.82) is 0 Å². The van der Waals surface area contributed by atoms with E-state index in [1.165, 1.54) is 0 Å². The van der Waals surface area contributed by atoms with Gasteiger partial charge in [-0.25, -0.2) is 0 Å². The average molecular weight is 281 g/mol. The minimum Gasteiger partial charge on any atom is -0.493 e. The van der Waals surface area contributed by atoms with Crippen molar-refractivity contribution >= 4 is 0 Å². The van der Waals surface area contributed by atoms with Gasteiger partial charge in [0.2, 0.25) is 0 Å². The summed E-state index contributed by atoms with van der Waals surface area (Å²) < 4.78 is 11.3. The first-order valence-corrected chi connectivity index (χ1v) is 7.11. The molecule has 0 aromatic heterocycles. The summed E-state index contributed by atoms with van der Waals surface area (Å²) in [6, 6.07) is 5.88. The predicted octanol–water partition coefficient (Wildman–Crippen LogP) is 2.52. The van der Waals surface area contributed by atoms with Gasteiger partial charge in [-0.05, 0) is 45.0 Å².